The maximum atomic E-state index is 12.9. The van der Waals surface area contributed by atoms with Gasteiger partial charge in [0.25, 0.3) is 0 Å². The first kappa shape index (κ1) is 21.9. The third kappa shape index (κ3) is 4.86. The predicted octanol–water partition coefficient (Wildman–Crippen LogP) is 2.06. The predicted molar refractivity (Wildman–Crippen MR) is 108 cm³/mol. The number of rotatable bonds is 7. The average Bonchev–Trinajstić information content (AvgIpc) is 2.78. The Morgan fingerprint density at radius 2 is 1.67 bits per heavy atom. The fourth-order valence-corrected chi connectivity index (χ4v) is 4.66. The molecule has 2 aromatic rings. The zero-order valence-corrected chi connectivity index (χ0v) is 17.6. The van der Waals surface area contributed by atoms with E-state index >= 15 is 0 Å². The Morgan fingerprint density at radius 1 is 1.03 bits per heavy atom. The van der Waals surface area contributed by atoms with Crippen LogP contribution in [0.25, 0.3) is 0 Å². The Hall–Kier alpha value is -2.75. The minimum absolute atomic E-state index is 0.0420. The highest BCUT2D eigenvalue weighted by molar-refractivity contribution is 7.89. The standard InChI is InChI=1S/C21H23NO7S/c1-15-3-4-17(13-20(15)30(25,26)22-9-11-28-12-10-22)21(24)29-14-19(23)16-5-7-18(27-2)8-6-16/h3-8,13H,9-12,14H2,1-2H3. The van der Waals surface area contributed by atoms with Gasteiger partial charge in [0.2, 0.25) is 10.0 Å². The van der Waals surface area contributed by atoms with E-state index in [4.69, 9.17) is 14.2 Å². The lowest BCUT2D eigenvalue weighted by molar-refractivity contribution is 0.0474. The number of hydrogen-bond acceptors (Lipinski definition) is 7. The number of benzene rings is 2. The molecule has 0 spiro atoms. The van der Waals surface area contributed by atoms with Crippen molar-refractivity contribution >= 4 is 21.8 Å². The molecule has 0 N–H and O–H groups in total. The van der Waals surface area contributed by atoms with E-state index in [-0.39, 0.29) is 29.3 Å². The lowest BCUT2D eigenvalue weighted by atomic mass is 10.1. The van der Waals surface area contributed by atoms with Crippen LogP contribution in [0.2, 0.25) is 0 Å². The van der Waals surface area contributed by atoms with Gasteiger partial charge in [-0.25, -0.2) is 13.2 Å². The molecule has 2 aromatic carbocycles. The van der Waals surface area contributed by atoms with E-state index < -0.39 is 22.6 Å². The molecule has 1 heterocycles. The van der Waals surface area contributed by atoms with Crippen molar-refractivity contribution < 1.29 is 32.2 Å². The Bertz CT molecular complexity index is 1030. The van der Waals surface area contributed by atoms with Gasteiger partial charge >= 0.3 is 5.97 Å². The molecular weight excluding hydrogens is 410 g/mol. The number of nitrogens with zero attached hydrogens (tertiary/aromatic N) is 1. The minimum Gasteiger partial charge on any atom is -0.497 e. The molecule has 160 valence electrons. The fourth-order valence-electron chi connectivity index (χ4n) is 3.01. The van der Waals surface area contributed by atoms with Gasteiger partial charge in [-0.3, -0.25) is 4.79 Å². The Morgan fingerprint density at radius 3 is 2.30 bits per heavy atom. The molecule has 1 aliphatic heterocycles. The number of ketones is 1. The molecule has 0 radical (unpaired) electrons. The van der Waals surface area contributed by atoms with E-state index in [9.17, 15) is 18.0 Å². The molecule has 1 saturated heterocycles. The van der Waals surface area contributed by atoms with Gasteiger partial charge in [-0.05, 0) is 48.9 Å². The summed E-state index contributed by atoms with van der Waals surface area (Å²) in [5.74, 6) is -0.535. The maximum Gasteiger partial charge on any atom is 0.338 e. The van der Waals surface area contributed by atoms with E-state index in [1.165, 1.54) is 23.5 Å². The van der Waals surface area contributed by atoms with Crippen LogP contribution in [0.1, 0.15) is 26.3 Å². The zero-order chi connectivity index (χ0) is 21.7. The summed E-state index contributed by atoms with van der Waals surface area (Å²) >= 11 is 0. The molecule has 1 fully saturated rings. The Labute approximate surface area is 175 Å². The number of esters is 1. The van der Waals surface area contributed by atoms with Crippen molar-refractivity contribution in [3.8, 4) is 5.75 Å². The van der Waals surface area contributed by atoms with Crippen LogP contribution >= 0.6 is 0 Å². The smallest absolute Gasteiger partial charge is 0.338 e. The monoisotopic (exact) mass is 433 g/mol. The van der Waals surface area contributed by atoms with Crippen molar-refractivity contribution in [2.75, 3.05) is 40.0 Å². The van der Waals surface area contributed by atoms with Crippen LogP contribution in [-0.2, 0) is 19.5 Å². The number of methoxy groups -OCH3 is 1. The van der Waals surface area contributed by atoms with Crippen LogP contribution in [0.3, 0.4) is 0 Å². The normalized spacial score (nSPS) is 14.9. The molecule has 0 aromatic heterocycles. The molecule has 8 nitrogen and oxygen atoms in total. The summed E-state index contributed by atoms with van der Waals surface area (Å²) < 4.78 is 42.6. The fraction of sp³-hybridized carbons (Fsp3) is 0.333. The van der Waals surface area contributed by atoms with Gasteiger partial charge in [0, 0.05) is 18.7 Å². The summed E-state index contributed by atoms with van der Waals surface area (Å²) in [5.41, 5.74) is 0.963. The SMILES string of the molecule is COc1ccc(C(=O)COC(=O)c2ccc(C)c(S(=O)(=O)N3CCOCC3)c2)cc1. The minimum atomic E-state index is -3.76. The summed E-state index contributed by atoms with van der Waals surface area (Å²) in [6, 6.07) is 10.8. The van der Waals surface area contributed by atoms with Crippen LogP contribution in [0.5, 0.6) is 5.75 Å². The summed E-state index contributed by atoms with van der Waals surface area (Å²) in [4.78, 5) is 24.7. The Balaban J connectivity index is 1.71. The van der Waals surface area contributed by atoms with E-state index in [2.05, 4.69) is 0 Å². The van der Waals surface area contributed by atoms with Crippen LogP contribution in [0.15, 0.2) is 47.4 Å². The third-order valence-corrected chi connectivity index (χ3v) is 6.80. The van der Waals surface area contributed by atoms with Gasteiger partial charge in [-0.2, -0.15) is 4.31 Å². The van der Waals surface area contributed by atoms with Gasteiger partial charge in [-0.15, -0.1) is 0 Å². The molecular formula is C21H23NO7S. The average molecular weight is 433 g/mol. The maximum absolute atomic E-state index is 12.9. The lowest BCUT2D eigenvalue weighted by Crippen LogP contribution is -2.40. The first-order valence-corrected chi connectivity index (χ1v) is 10.8. The first-order valence-electron chi connectivity index (χ1n) is 9.36. The first-order chi connectivity index (χ1) is 14.3. The number of hydrogen-bond donors (Lipinski definition) is 0. The second-order valence-corrected chi connectivity index (χ2v) is 8.63. The highest BCUT2D eigenvalue weighted by Crippen LogP contribution is 2.23. The van der Waals surface area contributed by atoms with Crippen LogP contribution in [0, 0.1) is 6.92 Å². The van der Waals surface area contributed by atoms with E-state index in [1.807, 2.05) is 0 Å². The number of carbonyl (C=O) groups is 2. The highest BCUT2D eigenvalue weighted by Gasteiger charge is 2.28. The van der Waals surface area contributed by atoms with Crippen molar-refractivity contribution in [3.63, 3.8) is 0 Å². The summed E-state index contributed by atoms with van der Waals surface area (Å²) in [6.45, 7) is 2.38. The topological polar surface area (TPSA) is 99.2 Å². The number of Topliss-reactive ketones (excluding diaryl/α,β-unsaturated/α-hetero) is 1. The molecule has 0 saturated carbocycles. The molecule has 0 unspecified atom stereocenters. The van der Waals surface area contributed by atoms with Crippen LogP contribution in [0.4, 0.5) is 0 Å². The Kier molecular flexibility index (Phi) is 6.86. The highest BCUT2D eigenvalue weighted by atomic mass is 32.2. The van der Waals surface area contributed by atoms with Gasteiger partial charge < -0.3 is 14.2 Å². The van der Waals surface area contributed by atoms with Crippen molar-refractivity contribution in [1.29, 1.82) is 0 Å². The van der Waals surface area contributed by atoms with Crippen molar-refractivity contribution in [2.24, 2.45) is 0 Å². The molecule has 0 atom stereocenters. The summed E-state index contributed by atoms with van der Waals surface area (Å²) in [6.07, 6.45) is 0. The number of carbonyl (C=O) groups excluding carboxylic acids is 2. The lowest BCUT2D eigenvalue weighted by Gasteiger charge is -2.26. The van der Waals surface area contributed by atoms with E-state index in [0.717, 1.165) is 0 Å². The van der Waals surface area contributed by atoms with Gasteiger partial charge in [0.05, 0.1) is 30.8 Å². The second-order valence-electron chi connectivity index (χ2n) is 6.72. The van der Waals surface area contributed by atoms with Gasteiger partial charge in [0.15, 0.2) is 12.4 Å². The van der Waals surface area contributed by atoms with Crippen molar-refractivity contribution in [2.45, 2.75) is 11.8 Å². The molecule has 0 bridgehead atoms. The number of aryl methyl sites for hydroxylation is 1. The van der Waals surface area contributed by atoms with Crippen molar-refractivity contribution in [1.82, 2.24) is 4.31 Å². The quantitative estimate of drug-likeness (QED) is 0.487. The largest absolute Gasteiger partial charge is 0.497 e. The molecule has 1 aliphatic rings. The summed E-state index contributed by atoms with van der Waals surface area (Å²) in [7, 11) is -2.24. The van der Waals surface area contributed by atoms with E-state index in [1.54, 1.807) is 37.3 Å². The third-order valence-electron chi connectivity index (χ3n) is 4.76. The summed E-state index contributed by atoms with van der Waals surface area (Å²) in [5, 5.41) is 0. The number of sulfonamides is 1. The molecule has 3 rings (SSSR count). The van der Waals surface area contributed by atoms with Crippen molar-refractivity contribution in [3.05, 3.63) is 59.2 Å². The van der Waals surface area contributed by atoms with Crippen LogP contribution < -0.4 is 4.74 Å². The molecule has 9 heteroatoms. The van der Waals surface area contributed by atoms with Gasteiger partial charge in [0.1, 0.15) is 5.75 Å². The van der Waals surface area contributed by atoms with E-state index in [0.29, 0.717) is 30.1 Å². The molecule has 30 heavy (non-hydrogen) atoms. The van der Waals surface area contributed by atoms with Gasteiger partial charge in [-0.1, -0.05) is 6.07 Å². The molecule has 0 amide bonds. The second kappa shape index (κ2) is 9.38. The zero-order valence-electron chi connectivity index (χ0n) is 16.8. The molecule has 0 aliphatic carbocycles. The number of ether oxygens (including phenoxy) is 3. The van der Waals surface area contributed by atoms with Crippen LogP contribution in [-0.4, -0.2) is 64.5 Å². The number of morpholine rings is 1.